The molecular weight excluding hydrogens is 289 g/mol. The number of aliphatic imine (C=N–C) groups is 2. The van der Waals surface area contributed by atoms with Crippen LogP contribution in [0.2, 0.25) is 5.02 Å². The van der Waals surface area contributed by atoms with E-state index in [0.717, 1.165) is 11.3 Å². The fraction of sp³-hybridized carbons (Fsp3) is 0.273. The van der Waals surface area contributed by atoms with Crippen LogP contribution in [0, 0.1) is 0 Å². The lowest BCUT2D eigenvalue weighted by molar-refractivity contribution is 0.410. The number of methoxy groups -OCH3 is 1. The van der Waals surface area contributed by atoms with Gasteiger partial charge in [-0.05, 0) is 24.1 Å². The van der Waals surface area contributed by atoms with Gasteiger partial charge in [0.1, 0.15) is 5.75 Å². The number of nitrogens with two attached hydrogens (primary N) is 3. The van der Waals surface area contributed by atoms with E-state index >= 15 is 0 Å². The molecule has 6 nitrogen and oxygen atoms in total. The second kappa shape index (κ2) is 8.44. The smallest absolute Gasteiger partial charge is 0.218 e. The van der Waals surface area contributed by atoms with E-state index in [9.17, 15) is 0 Å². The van der Waals surface area contributed by atoms with Crippen molar-refractivity contribution >= 4 is 35.9 Å². The molecule has 0 amide bonds. The van der Waals surface area contributed by atoms with Crippen LogP contribution in [0.5, 0.6) is 5.75 Å². The van der Waals surface area contributed by atoms with E-state index in [0.29, 0.717) is 18.0 Å². The topological polar surface area (TPSA) is 112 Å². The lowest BCUT2D eigenvalue weighted by Gasteiger charge is -2.07. The van der Waals surface area contributed by atoms with Crippen molar-refractivity contribution in [3.63, 3.8) is 0 Å². The highest BCUT2D eigenvalue weighted by atomic mass is 35.5. The third-order valence-corrected chi connectivity index (χ3v) is 2.38. The molecule has 0 saturated carbocycles. The van der Waals surface area contributed by atoms with E-state index in [1.807, 2.05) is 6.07 Å². The molecular formula is C11H17Cl2N5O. The van der Waals surface area contributed by atoms with E-state index in [1.54, 1.807) is 19.2 Å². The average molecular weight is 306 g/mol. The summed E-state index contributed by atoms with van der Waals surface area (Å²) in [6.07, 6.45) is 0.654. The third-order valence-electron chi connectivity index (χ3n) is 2.15. The van der Waals surface area contributed by atoms with Crippen LogP contribution in [0.3, 0.4) is 0 Å². The molecule has 6 N–H and O–H groups in total. The molecule has 19 heavy (non-hydrogen) atoms. The molecule has 0 fully saturated rings. The number of hydrogen-bond acceptors (Lipinski definition) is 2. The van der Waals surface area contributed by atoms with Crippen molar-refractivity contribution in [2.75, 3.05) is 13.7 Å². The van der Waals surface area contributed by atoms with E-state index in [1.165, 1.54) is 0 Å². The molecule has 1 aromatic rings. The Morgan fingerprint density at radius 1 is 1.32 bits per heavy atom. The monoisotopic (exact) mass is 305 g/mol. The Hall–Kier alpha value is -1.66. The number of halogens is 2. The fourth-order valence-electron chi connectivity index (χ4n) is 1.38. The third kappa shape index (κ3) is 6.17. The van der Waals surface area contributed by atoms with Crippen molar-refractivity contribution in [1.82, 2.24) is 0 Å². The highest BCUT2D eigenvalue weighted by Gasteiger charge is 2.03. The van der Waals surface area contributed by atoms with Gasteiger partial charge < -0.3 is 21.9 Å². The summed E-state index contributed by atoms with van der Waals surface area (Å²) in [5, 5.41) is 0.624. The minimum absolute atomic E-state index is 0. The summed E-state index contributed by atoms with van der Waals surface area (Å²) in [7, 11) is 1.59. The molecule has 0 saturated heterocycles. The summed E-state index contributed by atoms with van der Waals surface area (Å²) < 4.78 is 5.22. The lowest BCUT2D eigenvalue weighted by Crippen LogP contribution is -2.26. The Morgan fingerprint density at radius 3 is 2.58 bits per heavy atom. The highest BCUT2D eigenvalue weighted by Crippen LogP contribution is 2.23. The zero-order valence-electron chi connectivity index (χ0n) is 10.5. The van der Waals surface area contributed by atoms with E-state index in [2.05, 4.69) is 9.98 Å². The Labute approximate surface area is 123 Å². The second-order valence-corrected chi connectivity index (χ2v) is 3.92. The molecule has 0 radical (unpaired) electrons. The lowest BCUT2D eigenvalue weighted by atomic mass is 10.1. The standard InChI is InChI=1S/C11H16ClN5O.ClH/c1-18-9-6-8(12)3-2-7(9)4-5-16-11(15)17-10(13)14;/h2-3,6H,4-5H2,1H3,(H6,13,14,15,16,17);1H. The summed E-state index contributed by atoms with van der Waals surface area (Å²) >= 11 is 5.86. The van der Waals surface area contributed by atoms with Crippen molar-refractivity contribution in [2.45, 2.75) is 6.42 Å². The van der Waals surface area contributed by atoms with Crippen molar-refractivity contribution in [1.29, 1.82) is 0 Å². The molecule has 1 rings (SSSR count). The second-order valence-electron chi connectivity index (χ2n) is 3.48. The Bertz CT molecular complexity index is 472. The van der Waals surface area contributed by atoms with Crippen LogP contribution >= 0.6 is 24.0 Å². The SMILES string of the molecule is COc1cc(Cl)ccc1CCN=C(N)N=C(N)N.Cl. The van der Waals surface area contributed by atoms with Gasteiger partial charge in [-0.2, -0.15) is 4.99 Å². The van der Waals surface area contributed by atoms with E-state index < -0.39 is 0 Å². The minimum atomic E-state index is -0.111. The predicted octanol–water partition coefficient (Wildman–Crippen LogP) is 0.901. The van der Waals surface area contributed by atoms with Gasteiger partial charge in [-0.1, -0.05) is 17.7 Å². The molecule has 106 valence electrons. The zero-order valence-corrected chi connectivity index (χ0v) is 12.0. The summed E-state index contributed by atoms with van der Waals surface area (Å²) in [5.41, 5.74) is 16.8. The quantitative estimate of drug-likeness (QED) is 0.566. The number of rotatable bonds is 4. The van der Waals surface area contributed by atoms with Gasteiger partial charge in [-0.15, -0.1) is 12.4 Å². The summed E-state index contributed by atoms with van der Waals surface area (Å²) in [6.45, 7) is 0.459. The first-order valence-electron chi connectivity index (χ1n) is 5.25. The molecule has 1 aromatic carbocycles. The summed E-state index contributed by atoms with van der Waals surface area (Å²) in [4.78, 5) is 7.63. The molecule has 0 unspecified atom stereocenters. The van der Waals surface area contributed by atoms with Gasteiger partial charge >= 0.3 is 0 Å². The Balaban J connectivity index is 0.00000324. The number of guanidine groups is 2. The van der Waals surface area contributed by atoms with Crippen molar-refractivity contribution in [2.24, 2.45) is 27.2 Å². The molecule has 8 heteroatoms. The van der Waals surface area contributed by atoms with Crippen LogP contribution in [-0.2, 0) is 6.42 Å². The van der Waals surface area contributed by atoms with Gasteiger partial charge in [0.05, 0.1) is 7.11 Å². The Morgan fingerprint density at radius 2 is 2.00 bits per heavy atom. The van der Waals surface area contributed by atoms with Crippen LogP contribution in [0.15, 0.2) is 28.2 Å². The van der Waals surface area contributed by atoms with Gasteiger partial charge in [-0.3, -0.25) is 4.99 Å². The van der Waals surface area contributed by atoms with Crippen molar-refractivity contribution in [3.05, 3.63) is 28.8 Å². The van der Waals surface area contributed by atoms with Gasteiger partial charge in [0.15, 0.2) is 5.96 Å². The fourth-order valence-corrected chi connectivity index (χ4v) is 1.55. The average Bonchev–Trinajstić information content (AvgIpc) is 2.30. The number of ether oxygens (including phenoxy) is 1. The maximum absolute atomic E-state index is 5.86. The molecule has 0 atom stereocenters. The molecule has 0 spiro atoms. The first-order chi connectivity index (χ1) is 8.52. The minimum Gasteiger partial charge on any atom is -0.496 e. The van der Waals surface area contributed by atoms with Crippen molar-refractivity contribution in [3.8, 4) is 5.75 Å². The highest BCUT2D eigenvalue weighted by molar-refractivity contribution is 6.30. The molecule has 0 aliphatic carbocycles. The molecule has 0 aromatic heterocycles. The maximum Gasteiger partial charge on any atom is 0.218 e. The first kappa shape index (κ1) is 17.3. The van der Waals surface area contributed by atoms with Crippen LogP contribution in [0.1, 0.15) is 5.56 Å². The van der Waals surface area contributed by atoms with Crippen LogP contribution in [0.4, 0.5) is 0 Å². The van der Waals surface area contributed by atoms with Crippen molar-refractivity contribution < 1.29 is 4.74 Å². The number of benzene rings is 1. The zero-order chi connectivity index (χ0) is 13.5. The van der Waals surface area contributed by atoms with Gasteiger partial charge in [-0.25, -0.2) is 0 Å². The van der Waals surface area contributed by atoms with Gasteiger partial charge in [0.2, 0.25) is 5.96 Å². The molecule has 0 aliphatic rings. The summed E-state index contributed by atoms with van der Waals surface area (Å²) in [5.74, 6) is 0.668. The normalized spacial score (nSPS) is 10.5. The van der Waals surface area contributed by atoms with Gasteiger partial charge in [0, 0.05) is 11.6 Å². The molecule has 0 bridgehead atoms. The van der Waals surface area contributed by atoms with Crippen LogP contribution < -0.4 is 21.9 Å². The number of hydrogen-bond donors (Lipinski definition) is 3. The van der Waals surface area contributed by atoms with Crippen LogP contribution in [0.25, 0.3) is 0 Å². The maximum atomic E-state index is 5.86. The molecule has 0 aliphatic heterocycles. The Kier molecular flexibility index (Phi) is 7.71. The predicted molar refractivity (Wildman–Crippen MR) is 81.3 cm³/mol. The number of nitrogens with zero attached hydrogens (tertiary/aromatic N) is 2. The summed E-state index contributed by atoms with van der Waals surface area (Å²) in [6, 6.07) is 5.43. The van der Waals surface area contributed by atoms with E-state index in [-0.39, 0.29) is 24.3 Å². The first-order valence-corrected chi connectivity index (χ1v) is 5.62. The van der Waals surface area contributed by atoms with E-state index in [4.69, 9.17) is 33.5 Å². The van der Waals surface area contributed by atoms with Crippen LogP contribution in [-0.4, -0.2) is 25.6 Å². The van der Waals surface area contributed by atoms with Gasteiger partial charge in [0.25, 0.3) is 0 Å². The molecule has 0 heterocycles. The largest absolute Gasteiger partial charge is 0.496 e.